The molecule has 1 saturated heterocycles. The highest BCUT2D eigenvalue weighted by Gasteiger charge is 2.19. The van der Waals surface area contributed by atoms with Crippen LogP contribution in [-0.4, -0.2) is 19.7 Å². The lowest BCUT2D eigenvalue weighted by Crippen LogP contribution is -2.28. The summed E-state index contributed by atoms with van der Waals surface area (Å²) in [7, 11) is 0. The molecule has 98 valence electrons. The molecule has 0 spiro atoms. The summed E-state index contributed by atoms with van der Waals surface area (Å²) in [5.74, 6) is 1.80. The van der Waals surface area contributed by atoms with Crippen molar-refractivity contribution in [3.63, 3.8) is 0 Å². The Morgan fingerprint density at radius 2 is 2.11 bits per heavy atom. The van der Waals surface area contributed by atoms with E-state index in [-0.39, 0.29) is 0 Å². The van der Waals surface area contributed by atoms with Crippen LogP contribution in [0.1, 0.15) is 30.4 Å². The molecule has 0 aromatic heterocycles. The van der Waals surface area contributed by atoms with Crippen LogP contribution in [0.2, 0.25) is 0 Å². The Balaban J connectivity index is 1.79. The second-order valence-electron chi connectivity index (χ2n) is 5.46. The van der Waals surface area contributed by atoms with Crippen molar-refractivity contribution in [1.82, 2.24) is 5.32 Å². The molecule has 2 aliphatic heterocycles. The van der Waals surface area contributed by atoms with Gasteiger partial charge in [0.2, 0.25) is 0 Å². The first kappa shape index (κ1) is 11.8. The van der Waals surface area contributed by atoms with E-state index in [1.54, 1.807) is 0 Å². The molecule has 0 radical (unpaired) electrons. The Bertz CT molecular complexity index is 425. The van der Waals surface area contributed by atoms with E-state index in [9.17, 15) is 0 Å². The fraction of sp³-hybridized carbons (Fsp3) is 0.600. The van der Waals surface area contributed by atoms with E-state index in [0.29, 0.717) is 0 Å². The average molecular weight is 246 g/mol. The van der Waals surface area contributed by atoms with E-state index in [2.05, 4.69) is 17.4 Å². The van der Waals surface area contributed by atoms with Crippen molar-refractivity contribution in [3.05, 3.63) is 23.3 Å². The summed E-state index contributed by atoms with van der Waals surface area (Å²) < 4.78 is 5.66. The third kappa shape index (κ3) is 2.32. The van der Waals surface area contributed by atoms with Gasteiger partial charge >= 0.3 is 0 Å². The zero-order valence-electron chi connectivity index (χ0n) is 10.9. The van der Waals surface area contributed by atoms with Gasteiger partial charge in [0.25, 0.3) is 0 Å². The third-order valence-electron chi connectivity index (χ3n) is 4.20. The van der Waals surface area contributed by atoms with Gasteiger partial charge in [-0.2, -0.15) is 0 Å². The zero-order valence-corrected chi connectivity index (χ0v) is 10.9. The SMILES string of the molecule is Nc1c(CC2CCNCC2)ccc2c1CCCO2. The highest BCUT2D eigenvalue weighted by atomic mass is 16.5. The first-order valence-corrected chi connectivity index (χ1v) is 7.08. The number of hydrogen-bond acceptors (Lipinski definition) is 3. The van der Waals surface area contributed by atoms with Gasteiger partial charge in [0.05, 0.1) is 6.61 Å². The lowest BCUT2D eigenvalue weighted by atomic mass is 9.88. The Hall–Kier alpha value is -1.22. The Morgan fingerprint density at radius 1 is 1.28 bits per heavy atom. The summed E-state index contributed by atoms with van der Waals surface area (Å²) >= 11 is 0. The van der Waals surface area contributed by atoms with Crippen LogP contribution in [0.3, 0.4) is 0 Å². The van der Waals surface area contributed by atoms with Gasteiger partial charge in [-0.1, -0.05) is 6.07 Å². The molecular weight excluding hydrogens is 224 g/mol. The molecule has 1 aromatic carbocycles. The van der Waals surface area contributed by atoms with Gasteiger partial charge in [0, 0.05) is 11.3 Å². The van der Waals surface area contributed by atoms with Crippen LogP contribution in [0.4, 0.5) is 5.69 Å². The van der Waals surface area contributed by atoms with Gasteiger partial charge in [-0.25, -0.2) is 0 Å². The highest BCUT2D eigenvalue weighted by Crippen LogP contribution is 2.33. The van der Waals surface area contributed by atoms with Gasteiger partial charge in [-0.05, 0) is 62.7 Å². The van der Waals surface area contributed by atoms with E-state index in [1.165, 1.54) is 24.0 Å². The summed E-state index contributed by atoms with van der Waals surface area (Å²) in [6.07, 6.45) is 5.83. The summed E-state index contributed by atoms with van der Waals surface area (Å²) in [6, 6.07) is 4.28. The molecule has 1 aromatic rings. The fourth-order valence-corrected chi connectivity index (χ4v) is 3.09. The van der Waals surface area contributed by atoms with Crippen molar-refractivity contribution < 1.29 is 4.74 Å². The van der Waals surface area contributed by atoms with Gasteiger partial charge < -0.3 is 15.8 Å². The van der Waals surface area contributed by atoms with Gasteiger partial charge in [-0.15, -0.1) is 0 Å². The van der Waals surface area contributed by atoms with Crippen molar-refractivity contribution in [1.29, 1.82) is 0 Å². The molecule has 0 amide bonds. The molecule has 3 rings (SSSR count). The molecule has 0 aliphatic carbocycles. The molecule has 0 saturated carbocycles. The lowest BCUT2D eigenvalue weighted by Gasteiger charge is -2.25. The average Bonchev–Trinajstić information content (AvgIpc) is 2.43. The van der Waals surface area contributed by atoms with Crippen molar-refractivity contribution in [2.24, 2.45) is 5.92 Å². The van der Waals surface area contributed by atoms with Gasteiger partial charge in [0.1, 0.15) is 5.75 Å². The van der Waals surface area contributed by atoms with Crippen molar-refractivity contribution in [3.8, 4) is 5.75 Å². The van der Waals surface area contributed by atoms with Crippen LogP contribution in [0, 0.1) is 5.92 Å². The van der Waals surface area contributed by atoms with Crippen LogP contribution >= 0.6 is 0 Å². The number of anilines is 1. The molecule has 2 aliphatic rings. The van der Waals surface area contributed by atoms with E-state index < -0.39 is 0 Å². The molecule has 3 N–H and O–H groups in total. The molecule has 3 nitrogen and oxygen atoms in total. The van der Waals surface area contributed by atoms with Crippen LogP contribution in [-0.2, 0) is 12.8 Å². The molecule has 18 heavy (non-hydrogen) atoms. The highest BCUT2D eigenvalue weighted by molar-refractivity contribution is 5.60. The number of hydrogen-bond donors (Lipinski definition) is 2. The second-order valence-corrected chi connectivity index (χ2v) is 5.46. The number of nitrogen functional groups attached to an aromatic ring is 1. The quantitative estimate of drug-likeness (QED) is 0.786. The van der Waals surface area contributed by atoms with E-state index >= 15 is 0 Å². The lowest BCUT2D eigenvalue weighted by molar-refractivity contribution is 0.288. The third-order valence-corrected chi connectivity index (χ3v) is 4.20. The first-order chi connectivity index (χ1) is 8.84. The Labute approximate surface area is 109 Å². The monoisotopic (exact) mass is 246 g/mol. The number of benzene rings is 1. The summed E-state index contributed by atoms with van der Waals surface area (Å²) in [5.41, 5.74) is 9.89. The molecule has 0 unspecified atom stereocenters. The number of nitrogens with one attached hydrogen (secondary N) is 1. The van der Waals surface area contributed by atoms with Crippen molar-refractivity contribution >= 4 is 5.69 Å². The summed E-state index contributed by atoms with van der Waals surface area (Å²) in [5, 5.41) is 3.41. The fourth-order valence-electron chi connectivity index (χ4n) is 3.09. The summed E-state index contributed by atoms with van der Waals surface area (Å²) in [6.45, 7) is 3.14. The van der Waals surface area contributed by atoms with Crippen LogP contribution in [0.25, 0.3) is 0 Å². The molecular formula is C15H22N2O. The number of ether oxygens (including phenoxy) is 1. The molecule has 0 atom stereocenters. The largest absolute Gasteiger partial charge is 0.493 e. The maximum atomic E-state index is 6.33. The Morgan fingerprint density at radius 3 is 2.94 bits per heavy atom. The van der Waals surface area contributed by atoms with Gasteiger partial charge in [-0.3, -0.25) is 0 Å². The first-order valence-electron chi connectivity index (χ1n) is 7.08. The maximum absolute atomic E-state index is 6.33. The van der Waals surface area contributed by atoms with Crippen molar-refractivity contribution in [2.45, 2.75) is 32.1 Å². The number of piperidine rings is 1. The van der Waals surface area contributed by atoms with Crippen LogP contribution in [0.15, 0.2) is 12.1 Å². The van der Waals surface area contributed by atoms with Gasteiger partial charge in [0.15, 0.2) is 0 Å². The predicted molar refractivity (Wildman–Crippen MR) is 74.0 cm³/mol. The maximum Gasteiger partial charge on any atom is 0.124 e. The smallest absolute Gasteiger partial charge is 0.124 e. The number of rotatable bonds is 2. The van der Waals surface area contributed by atoms with E-state index in [0.717, 1.165) is 56.3 Å². The van der Waals surface area contributed by atoms with E-state index in [4.69, 9.17) is 10.5 Å². The van der Waals surface area contributed by atoms with Crippen LogP contribution < -0.4 is 15.8 Å². The Kier molecular flexibility index (Phi) is 3.41. The number of nitrogens with two attached hydrogens (primary N) is 1. The zero-order chi connectivity index (χ0) is 12.4. The predicted octanol–water partition coefficient (Wildman–Crippen LogP) is 2.14. The minimum atomic E-state index is 0.788. The van der Waals surface area contributed by atoms with Crippen LogP contribution in [0.5, 0.6) is 5.75 Å². The summed E-state index contributed by atoms with van der Waals surface area (Å²) in [4.78, 5) is 0. The number of fused-ring (bicyclic) bond motifs is 1. The molecule has 3 heteroatoms. The minimum absolute atomic E-state index is 0.788. The normalized spacial score (nSPS) is 20.2. The molecule has 2 heterocycles. The molecule has 0 bridgehead atoms. The second kappa shape index (κ2) is 5.19. The standard InChI is InChI=1S/C15H22N2O/c16-15-12(10-11-5-7-17-8-6-11)3-4-14-13(15)2-1-9-18-14/h3-4,11,17H,1-2,5-10,16H2. The topological polar surface area (TPSA) is 47.3 Å². The minimum Gasteiger partial charge on any atom is -0.493 e. The molecule has 1 fully saturated rings. The van der Waals surface area contributed by atoms with Crippen molar-refractivity contribution in [2.75, 3.05) is 25.4 Å². The van der Waals surface area contributed by atoms with E-state index in [1.807, 2.05) is 0 Å².